The van der Waals surface area contributed by atoms with Gasteiger partial charge in [0.05, 0.1) is 22.7 Å². The van der Waals surface area contributed by atoms with Gasteiger partial charge in [-0.05, 0) is 39.0 Å². The molecule has 2 aromatic rings. The Morgan fingerprint density at radius 1 is 1.38 bits per heavy atom. The maximum absolute atomic E-state index is 10.9. The molecule has 1 aromatic heterocycles. The highest BCUT2D eigenvalue weighted by Gasteiger charge is 2.12. The number of aromatic carboxylic acids is 1. The van der Waals surface area contributed by atoms with Gasteiger partial charge in [0.15, 0.2) is 0 Å². The van der Waals surface area contributed by atoms with Crippen molar-refractivity contribution in [2.75, 3.05) is 5.43 Å². The summed E-state index contributed by atoms with van der Waals surface area (Å²) in [6.07, 6.45) is 0. The van der Waals surface area contributed by atoms with Crippen molar-refractivity contribution in [2.45, 2.75) is 20.8 Å². The van der Waals surface area contributed by atoms with Gasteiger partial charge in [0, 0.05) is 18.3 Å². The minimum absolute atomic E-state index is 0.224. The predicted molar refractivity (Wildman–Crippen MR) is 81.9 cm³/mol. The minimum Gasteiger partial charge on any atom is -0.478 e. The second-order valence-electron chi connectivity index (χ2n) is 4.86. The molecule has 0 spiro atoms. The number of hydrogen-bond acceptors (Lipinski definition) is 4. The van der Waals surface area contributed by atoms with Crippen molar-refractivity contribution in [1.82, 2.24) is 9.78 Å². The molecule has 0 unspecified atom stereocenters. The molecule has 2 N–H and O–H groups in total. The largest absolute Gasteiger partial charge is 0.478 e. The summed E-state index contributed by atoms with van der Waals surface area (Å²) in [5.74, 6) is -0.960. The van der Waals surface area contributed by atoms with Crippen molar-refractivity contribution >= 4 is 17.4 Å². The molecule has 21 heavy (non-hydrogen) atoms. The van der Waals surface area contributed by atoms with Crippen LogP contribution in [0.2, 0.25) is 0 Å². The third-order valence-corrected chi connectivity index (χ3v) is 3.33. The van der Waals surface area contributed by atoms with E-state index in [0.29, 0.717) is 5.69 Å². The number of aromatic nitrogens is 2. The monoisotopic (exact) mass is 286 g/mol. The second kappa shape index (κ2) is 5.78. The Morgan fingerprint density at radius 3 is 2.67 bits per heavy atom. The van der Waals surface area contributed by atoms with Crippen LogP contribution in [0.3, 0.4) is 0 Å². The van der Waals surface area contributed by atoms with Gasteiger partial charge >= 0.3 is 5.97 Å². The van der Waals surface area contributed by atoms with Crippen LogP contribution in [0.15, 0.2) is 29.4 Å². The van der Waals surface area contributed by atoms with Gasteiger partial charge < -0.3 is 5.11 Å². The number of hydrogen-bond donors (Lipinski definition) is 2. The molecular formula is C15H18N4O2. The highest BCUT2D eigenvalue weighted by atomic mass is 16.4. The zero-order valence-corrected chi connectivity index (χ0v) is 12.5. The molecular weight excluding hydrogens is 268 g/mol. The van der Waals surface area contributed by atoms with Crippen LogP contribution in [0.25, 0.3) is 0 Å². The summed E-state index contributed by atoms with van der Waals surface area (Å²) in [4.78, 5) is 10.9. The minimum atomic E-state index is -0.960. The number of hydrazone groups is 1. The first kappa shape index (κ1) is 14.8. The maximum atomic E-state index is 10.9. The average Bonchev–Trinajstić information content (AvgIpc) is 2.70. The van der Waals surface area contributed by atoms with E-state index in [1.165, 1.54) is 0 Å². The zero-order chi connectivity index (χ0) is 15.6. The SMILES string of the molecule is CC(=NNc1cccc(C(=O)O)c1)c1c(C)nn(C)c1C. The first-order valence-electron chi connectivity index (χ1n) is 6.54. The van der Waals surface area contributed by atoms with Gasteiger partial charge in [-0.2, -0.15) is 10.2 Å². The summed E-state index contributed by atoms with van der Waals surface area (Å²) in [6, 6.07) is 6.53. The lowest BCUT2D eigenvalue weighted by Gasteiger charge is -2.05. The van der Waals surface area contributed by atoms with Gasteiger partial charge in [-0.1, -0.05) is 6.07 Å². The molecule has 0 aliphatic carbocycles. The highest BCUT2D eigenvalue weighted by Crippen LogP contribution is 2.15. The van der Waals surface area contributed by atoms with Crippen molar-refractivity contribution in [3.63, 3.8) is 0 Å². The van der Waals surface area contributed by atoms with E-state index in [1.807, 2.05) is 32.5 Å². The number of nitrogens with zero attached hydrogens (tertiary/aromatic N) is 3. The quantitative estimate of drug-likeness (QED) is 0.668. The molecule has 0 radical (unpaired) electrons. The molecule has 6 nitrogen and oxygen atoms in total. The normalized spacial score (nSPS) is 11.5. The summed E-state index contributed by atoms with van der Waals surface area (Å²) in [7, 11) is 1.89. The number of carboxylic acid groups (broad SMARTS) is 1. The number of nitrogens with one attached hydrogen (secondary N) is 1. The molecule has 0 saturated carbocycles. The third-order valence-electron chi connectivity index (χ3n) is 3.33. The number of aryl methyl sites for hydroxylation is 2. The number of benzene rings is 1. The van der Waals surface area contributed by atoms with Crippen molar-refractivity contribution in [3.8, 4) is 0 Å². The van der Waals surface area contributed by atoms with Crippen LogP contribution in [-0.2, 0) is 7.05 Å². The smallest absolute Gasteiger partial charge is 0.335 e. The molecule has 6 heteroatoms. The molecule has 0 saturated heterocycles. The van der Waals surface area contributed by atoms with Gasteiger partial charge in [-0.25, -0.2) is 4.79 Å². The van der Waals surface area contributed by atoms with Crippen molar-refractivity contribution in [2.24, 2.45) is 12.1 Å². The Balaban J connectivity index is 2.24. The predicted octanol–water partition coefficient (Wildman–Crippen LogP) is 2.57. The fraction of sp³-hybridized carbons (Fsp3) is 0.267. The van der Waals surface area contributed by atoms with E-state index in [9.17, 15) is 4.79 Å². The number of rotatable bonds is 4. The van der Waals surface area contributed by atoms with Crippen molar-refractivity contribution in [3.05, 3.63) is 46.8 Å². The molecule has 1 heterocycles. The first-order chi connectivity index (χ1) is 9.90. The van der Waals surface area contributed by atoms with Crippen molar-refractivity contribution in [1.29, 1.82) is 0 Å². The van der Waals surface area contributed by atoms with Crippen LogP contribution in [0.5, 0.6) is 0 Å². The molecule has 0 atom stereocenters. The molecule has 0 amide bonds. The Labute approximate surface area is 123 Å². The number of carbonyl (C=O) groups is 1. The molecule has 1 aromatic carbocycles. The van der Waals surface area contributed by atoms with E-state index in [2.05, 4.69) is 15.6 Å². The van der Waals surface area contributed by atoms with E-state index < -0.39 is 5.97 Å². The first-order valence-corrected chi connectivity index (χ1v) is 6.54. The second-order valence-corrected chi connectivity index (χ2v) is 4.86. The third kappa shape index (κ3) is 3.10. The summed E-state index contributed by atoms with van der Waals surface area (Å²) in [5.41, 5.74) is 7.50. The Hall–Kier alpha value is -2.63. The van der Waals surface area contributed by atoms with E-state index in [-0.39, 0.29) is 5.56 Å². The van der Waals surface area contributed by atoms with Crippen LogP contribution in [0.1, 0.15) is 34.2 Å². The van der Waals surface area contributed by atoms with Crippen LogP contribution < -0.4 is 5.43 Å². The summed E-state index contributed by atoms with van der Waals surface area (Å²) >= 11 is 0. The van der Waals surface area contributed by atoms with E-state index in [1.54, 1.807) is 24.3 Å². The van der Waals surface area contributed by atoms with Crippen LogP contribution in [0.4, 0.5) is 5.69 Å². The molecule has 0 fully saturated rings. The Kier molecular flexibility index (Phi) is 4.07. The number of carboxylic acids is 1. The topological polar surface area (TPSA) is 79.5 Å². The van der Waals surface area contributed by atoms with Gasteiger partial charge in [0.25, 0.3) is 0 Å². The molecule has 110 valence electrons. The Morgan fingerprint density at radius 2 is 2.10 bits per heavy atom. The van der Waals surface area contributed by atoms with Crippen LogP contribution in [0, 0.1) is 13.8 Å². The Bertz CT molecular complexity index is 716. The zero-order valence-electron chi connectivity index (χ0n) is 12.5. The standard InChI is InChI=1S/C15H18N4O2/c1-9(14-10(2)18-19(4)11(14)3)16-17-13-7-5-6-12(8-13)15(20)21/h5-8,17H,1-4H3,(H,20,21). The lowest BCUT2D eigenvalue weighted by molar-refractivity contribution is 0.0697. The summed E-state index contributed by atoms with van der Waals surface area (Å²) < 4.78 is 1.81. The summed E-state index contributed by atoms with van der Waals surface area (Å²) in [5, 5.41) is 17.6. The van der Waals surface area contributed by atoms with Crippen molar-refractivity contribution < 1.29 is 9.90 Å². The fourth-order valence-corrected chi connectivity index (χ4v) is 2.22. The lowest BCUT2D eigenvalue weighted by Crippen LogP contribution is -2.04. The van der Waals surface area contributed by atoms with E-state index in [4.69, 9.17) is 5.11 Å². The molecule has 0 bridgehead atoms. The maximum Gasteiger partial charge on any atom is 0.335 e. The average molecular weight is 286 g/mol. The molecule has 2 rings (SSSR count). The highest BCUT2D eigenvalue weighted by molar-refractivity contribution is 6.01. The number of anilines is 1. The lowest BCUT2D eigenvalue weighted by atomic mass is 10.1. The van der Waals surface area contributed by atoms with Crippen LogP contribution >= 0.6 is 0 Å². The van der Waals surface area contributed by atoms with E-state index >= 15 is 0 Å². The summed E-state index contributed by atoms with van der Waals surface area (Å²) in [6.45, 7) is 5.82. The van der Waals surface area contributed by atoms with Gasteiger partial charge in [0.1, 0.15) is 0 Å². The van der Waals surface area contributed by atoms with Gasteiger partial charge in [-0.3, -0.25) is 10.1 Å². The van der Waals surface area contributed by atoms with E-state index in [0.717, 1.165) is 22.7 Å². The fourth-order valence-electron chi connectivity index (χ4n) is 2.22. The van der Waals surface area contributed by atoms with Gasteiger partial charge in [0.2, 0.25) is 0 Å². The van der Waals surface area contributed by atoms with Crippen LogP contribution in [-0.4, -0.2) is 26.6 Å². The van der Waals surface area contributed by atoms with Gasteiger partial charge in [-0.15, -0.1) is 0 Å². The molecule has 0 aliphatic heterocycles. The molecule has 0 aliphatic rings.